The standard InChI is InChI=1S/C28H22Cl2N2O5/c1-37-19-7-9-23-21(13-19)16(14-31-23)10-11-32-25(15-2-5-18(33)6-3-15)24(27(35)28(32)36)26(34)20-8-4-17(29)12-22(20)30/h2-9,12-14,25,31,33-34H,10-11H2,1H3/t25-/m0/s1. The van der Waals surface area contributed by atoms with Gasteiger partial charge < -0.3 is 24.8 Å². The summed E-state index contributed by atoms with van der Waals surface area (Å²) in [6, 6.07) is 15.5. The Hall–Kier alpha value is -3.94. The van der Waals surface area contributed by atoms with E-state index >= 15 is 0 Å². The molecule has 188 valence electrons. The molecule has 2 heterocycles. The molecule has 0 aliphatic carbocycles. The molecule has 9 heteroatoms. The lowest BCUT2D eigenvalue weighted by molar-refractivity contribution is -0.139. The third-order valence-corrected chi connectivity index (χ3v) is 7.08. The Kier molecular flexibility index (Phi) is 6.58. The number of phenolic OH excluding ortho intramolecular Hbond substituents is 1. The van der Waals surface area contributed by atoms with Crippen LogP contribution in [0.25, 0.3) is 16.7 Å². The third-order valence-electron chi connectivity index (χ3n) is 6.53. The second-order valence-corrected chi connectivity index (χ2v) is 9.53. The molecule has 1 aliphatic rings. The Balaban J connectivity index is 1.57. The maximum atomic E-state index is 13.3. The molecule has 4 aromatic rings. The van der Waals surface area contributed by atoms with Gasteiger partial charge in [-0.1, -0.05) is 35.3 Å². The summed E-state index contributed by atoms with van der Waals surface area (Å²) in [5, 5.41) is 22.5. The largest absolute Gasteiger partial charge is 0.508 e. The molecule has 0 radical (unpaired) electrons. The number of nitrogens with one attached hydrogen (secondary N) is 1. The minimum atomic E-state index is -0.882. The van der Waals surface area contributed by atoms with E-state index in [4.69, 9.17) is 27.9 Å². The maximum Gasteiger partial charge on any atom is 0.295 e. The van der Waals surface area contributed by atoms with Crippen molar-refractivity contribution in [3.8, 4) is 11.5 Å². The summed E-state index contributed by atoms with van der Waals surface area (Å²) >= 11 is 12.3. The number of hydrogen-bond acceptors (Lipinski definition) is 5. The average Bonchev–Trinajstić information content (AvgIpc) is 3.40. The molecular weight excluding hydrogens is 515 g/mol. The molecule has 1 fully saturated rings. The van der Waals surface area contributed by atoms with Crippen LogP contribution in [0.2, 0.25) is 10.0 Å². The number of aliphatic hydroxyl groups is 1. The zero-order valence-corrected chi connectivity index (χ0v) is 21.2. The number of Topliss-reactive ketones (excluding diaryl/α,β-unsaturated/α-hetero) is 1. The van der Waals surface area contributed by atoms with Gasteiger partial charge in [-0.2, -0.15) is 0 Å². The number of aromatic hydroxyl groups is 1. The zero-order chi connectivity index (χ0) is 26.3. The van der Waals surface area contributed by atoms with Crippen LogP contribution in [0.3, 0.4) is 0 Å². The van der Waals surface area contributed by atoms with Crippen molar-refractivity contribution >= 4 is 51.6 Å². The fourth-order valence-corrected chi connectivity index (χ4v) is 5.17. The van der Waals surface area contributed by atoms with Crippen molar-refractivity contribution in [3.63, 3.8) is 0 Å². The number of aromatic amines is 1. The number of carbonyl (C=O) groups excluding carboxylic acids is 2. The molecule has 7 nitrogen and oxygen atoms in total. The summed E-state index contributed by atoms with van der Waals surface area (Å²) in [4.78, 5) is 31.2. The number of benzene rings is 3. The van der Waals surface area contributed by atoms with Gasteiger partial charge in [0.25, 0.3) is 11.7 Å². The highest BCUT2D eigenvalue weighted by Gasteiger charge is 2.46. The molecule has 5 rings (SSSR count). The van der Waals surface area contributed by atoms with Gasteiger partial charge in [0.2, 0.25) is 0 Å². The molecule has 1 amide bonds. The lowest BCUT2D eigenvalue weighted by Gasteiger charge is -2.25. The summed E-state index contributed by atoms with van der Waals surface area (Å²) in [6.45, 7) is 0.200. The minimum absolute atomic E-state index is 0.0363. The van der Waals surface area contributed by atoms with Crippen LogP contribution in [0.15, 0.2) is 72.4 Å². The van der Waals surface area contributed by atoms with Gasteiger partial charge in [-0.3, -0.25) is 9.59 Å². The Labute approximate surface area is 222 Å². The summed E-state index contributed by atoms with van der Waals surface area (Å²) < 4.78 is 5.34. The van der Waals surface area contributed by atoms with E-state index in [1.54, 1.807) is 25.3 Å². The van der Waals surface area contributed by atoms with Crippen molar-refractivity contribution < 1.29 is 24.5 Å². The highest BCUT2D eigenvalue weighted by molar-refractivity contribution is 6.47. The molecule has 0 bridgehead atoms. The Morgan fingerprint density at radius 3 is 2.51 bits per heavy atom. The molecule has 0 unspecified atom stereocenters. The Morgan fingerprint density at radius 2 is 1.81 bits per heavy atom. The van der Waals surface area contributed by atoms with Crippen molar-refractivity contribution in [2.24, 2.45) is 0 Å². The van der Waals surface area contributed by atoms with Crippen LogP contribution in [0, 0.1) is 0 Å². The van der Waals surface area contributed by atoms with Gasteiger partial charge in [-0.25, -0.2) is 0 Å². The summed E-state index contributed by atoms with van der Waals surface area (Å²) in [7, 11) is 1.59. The molecule has 0 saturated carbocycles. The SMILES string of the molecule is COc1ccc2[nH]cc(CCN3C(=O)C(=O)C(=C(O)c4ccc(Cl)cc4Cl)[C@@H]3c3ccc(O)cc3)c2c1. The zero-order valence-electron chi connectivity index (χ0n) is 19.7. The number of aromatic nitrogens is 1. The van der Waals surface area contributed by atoms with Crippen LogP contribution >= 0.6 is 23.2 Å². The molecule has 3 aromatic carbocycles. The monoisotopic (exact) mass is 536 g/mol. The van der Waals surface area contributed by atoms with Crippen molar-refractivity contribution in [3.05, 3.63) is 99.2 Å². The minimum Gasteiger partial charge on any atom is -0.508 e. The number of phenols is 1. The average molecular weight is 537 g/mol. The Bertz CT molecular complexity index is 1560. The lowest BCUT2D eigenvalue weighted by Crippen LogP contribution is -2.31. The predicted molar refractivity (Wildman–Crippen MR) is 142 cm³/mol. The molecule has 1 aromatic heterocycles. The van der Waals surface area contributed by atoms with E-state index in [1.165, 1.54) is 29.2 Å². The highest BCUT2D eigenvalue weighted by Crippen LogP contribution is 2.41. The van der Waals surface area contributed by atoms with E-state index in [0.717, 1.165) is 16.5 Å². The number of methoxy groups -OCH3 is 1. The first-order valence-corrected chi connectivity index (χ1v) is 12.2. The summed E-state index contributed by atoms with van der Waals surface area (Å²) in [6.07, 6.45) is 2.31. The summed E-state index contributed by atoms with van der Waals surface area (Å²) in [5.74, 6) is -1.20. The first-order chi connectivity index (χ1) is 17.8. The first-order valence-electron chi connectivity index (χ1n) is 11.4. The smallest absolute Gasteiger partial charge is 0.295 e. The number of hydrogen-bond donors (Lipinski definition) is 3. The molecular formula is C28H22Cl2N2O5. The van der Waals surface area contributed by atoms with Crippen LogP contribution in [0.5, 0.6) is 11.5 Å². The van der Waals surface area contributed by atoms with E-state index < -0.39 is 23.5 Å². The normalized spacial score (nSPS) is 17.1. The second-order valence-electron chi connectivity index (χ2n) is 8.68. The van der Waals surface area contributed by atoms with Gasteiger partial charge in [-0.05, 0) is 66.1 Å². The quantitative estimate of drug-likeness (QED) is 0.163. The number of fused-ring (bicyclic) bond motifs is 1. The first kappa shape index (κ1) is 24.7. The lowest BCUT2D eigenvalue weighted by atomic mass is 9.95. The van der Waals surface area contributed by atoms with Crippen molar-refractivity contribution in [2.45, 2.75) is 12.5 Å². The predicted octanol–water partition coefficient (Wildman–Crippen LogP) is 5.85. The van der Waals surface area contributed by atoms with Gasteiger partial charge in [0.15, 0.2) is 0 Å². The van der Waals surface area contributed by atoms with Crippen molar-refractivity contribution in [1.29, 1.82) is 0 Å². The fourth-order valence-electron chi connectivity index (χ4n) is 4.67. The number of aliphatic hydroxyl groups excluding tert-OH is 1. The highest BCUT2D eigenvalue weighted by atomic mass is 35.5. The fraction of sp³-hybridized carbons (Fsp3) is 0.143. The maximum absolute atomic E-state index is 13.3. The van der Waals surface area contributed by atoms with Crippen molar-refractivity contribution in [2.75, 3.05) is 13.7 Å². The van der Waals surface area contributed by atoms with E-state index in [-0.39, 0.29) is 28.5 Å². The number of H-pyrrole nitrogens is 1. The number of likely N-dealkylation sites (tertiary alicyclic amines) is 1. The molecule has 1 saturated heterocycles. The number of carbonyl (C=O) groups is 2. The molecule has 0 spiro atoms. The van der Waals surface area contributed by atoms with Crippen LogP contribution in [-0.2, 0) is 16.0 Å². The summed E-state index contributed by atoms with van der Waals surface area (Å²) in [5.41, 5.74) is 2.53. The van der Waals surface area contributed by atoms with Crippen LogP contribution < -0.4 is 4.74 Å². The van der Waals surface area contributed by atoms with Crippen LogP contribution in [0.4, 0.5) is 0 Å². The van der Waals surface area contributed by atoms with Gasteiger partial charge in [0.05, 0.1) is 23.7 Å². The molecule has 1 atom stereocenters. The number of rotatable bonds is 6. The van der Waals surface area contributed by atoms with E-state index in [1.807, 2.05) is 24.4 Å². The number of amides is 1. The van der Waals surface area contributed by atoms with E-state index in [0.29, 0.717) is 22.8 Å². The van der Waals surface area contributed by atoms with E-state index in [9.17, 15) is 19.8 Å². The van der Waals surface area contributed by atoms with Gasteiger partial charge in [0.1, 0.15) is 17.3 Å². The number of halogens is 2. The molecule has 1 aliphatic heterocycles. The molecule has 37 heavy (non-hydrogen) atoms. The second kappa shape index (κ2) is 9.84. The van der Waals surface area contributed by atoms with Crippen molar-refractivity contribution in [1.82, 2.24) is 9.88 Å². The van der Waals surface area contributed by atoms with E-state index in [2.05, 4.69) is 4.98 Å². The van der Waals surface area contributed by atoms with Gasteiger partial charge in [-0.15, -0.1) is 0 Å². The number of nitrogens with zero attached hydrogens (tertiary/aromatic N) is 1. The van der Waals surface area contributed by atoms with Gasteiger partial charge in [0, 0.05) is 34.2 Å². The number of ether oxygens (including phenoxy) is 1. The Morgan fingerprint density at radius 1 is 1.05 bits per heavy atom. The van der Waals surface area contributed by atoms with Crippen LogP contribution in [0.1, 0.15) is 22.7 Å². The number of ketones is 1. The third kappa shape index (κ3) is 4.52. The van der Waals surface area contributed by atoms with Crippen LogP contribution in [-0.4, -0.2) is 45.4 Å². The van der Waals surface area contributed by atoms with Gasteiger partial charge >= 0.3 is 0 Å². The molecule has 3 N–H and O–H groups in total. The topological polar surface area (TPSA) is 103 Å².